The second-order valence-electron chi connectivity index (χ2n) is 5.42. The summed E-state index contributed by atoms with van der Waals surface area (Å²) in [4.78, 5) is 1.35. The van der Waals surface area contributed by atoms with Gasteiger partial charge in [-0.3, -0.25) is 0 Å². The Morgan fingerprint density at radius 2 is 2.09 bits per heavy atom. The van der Waals surface area contributed by atoms with Crippen LogP contribution in [0.4, 0.5) is 5.69 Å². The molecule has 2 aromatic heterocycles. The Morgan fingerprint density at radius 1 is 1.30 bits per heavy atom. The van der Waals surface area contributed by atoms with Crippen LogP contribution in [0.15, 0.2) is 46.2 Å². The van der Waals surface area contributed by atoms with Gasteiger partial charge in [0.15, 0.2) is 0 Å². The van der Waals surface area contributed by atoms with Gasteiger partial charge in [0.05, 0.1) is 4.88 Å². The first-order valence-corrected chi connectivity index (χ1v) is 8.92. The standard InChI is InChI=1S/C17H19N3OS2/c1-3-12(2)13-6-8-14(9-7-13)18-11-20-17(22)21-16(19-20)15-5-4-10-23-15/h4-10,12,18H,3,11H2,1-2H3. The largest absolute Gasteiger partial charge is 0.408 e. The molecule has 0 radical (unpaired) electrons. The summed E-state index contributed by atoms with van der Waals surface area (Å²) in [7, 11) is 0. The molecule has 1 atom stereocenters. The number of aromatic nitrogens is 2. The maximum Gasteiger partial charge on any atom is 0.289 e. The third-order valence-corrected chi connectivity index (χ3v) is 5.02. The highest BCUT2D eigenvalue weighted by Crippen LogP contribution is 2.23. The summed E-state index contributed by atoms with van der Waals surface area (Å²) in [6, 6.07) is 12.4. The van der Waals surface area contributed by atoms with E-state index in [1.54, 1.807) is 16.0 Å². The van der Waals surface area contributed by atoms with Gasteiger partial charge in [0.25, 0.3) is 10.7 Å². The van der Waals surface area contributed by atoms with Crippen molar-refractivity contribution < 1.29 is 4.42 Å². The van der Waals surface area contributed by atoms with Crippen molar-refractivity contribution in [2.75, 3.05) is 5.32 Å². The fraction of sp³-hybridized carbons (Fsp3) is 0.294. The molecular weight excluding hydrogens is 326 g/mol. The Labute approximate surface area is 144 Å². The summed E-state index contributed by atoms with van der Waals surface area (Å²) in [5, 5.41) is 9.73. The third kappa shape index (κ3) is 3.71. The zero-order valence-corrected chi connectivity index (χ0v) is 14.8. The minimum Gasteiger partial charge on any atom is -0.408 e. The van der Waals surface area contributed by atoms with Gasteiger partial charge in [-0.05, 0) is 53.7 Å². The van der Waals surface area contributed by atoms with Crippen LogP contribution in [0.25, 0.3) is 10.8 Å². The fourth-order valence-electron chi connectivity index (χ4n) is 2.24. The summed E-state index contributed by atoms with van der Waals surface area (Å²) in [6.07, 6.45) is 1.15. The molecule has 3 aromatic rings. The lowest BCUT2D eigenvalue weighted by molar-refractivity contribution is 0.523. The number of nitrogens with zero attached hydrogens (tertiary/aromatic N) is 2. The van der Waals surface area contributed by atoms with Crippen LogP contribution in [0.1, 0.15) is 31.7 Å². The van der Waals surface area contributed by atoms with Crippen molar-refractivity contribution in [3.63, 3.8) is 0 Å². The van der Waals surface area contributed by atoms with E-state index in [-0.39, 0.29) is 0 Å². The van der Waals surface area contributed by atoms with E-state index in [0.717, 1.165) is 17.0 Å². The molecule has 0 bridgehead atoms. The van der Waals surface area contributed by atoms with Gasteiger partial charge < -0.3 is 9.73 Å². The van der Waals surface area contributed by atoms with Crippen LogP contribution in [0.5, 0.6) is 0 Å². The molecule has 0 aliphatic rings. The average molecular weight is 345 g/mol. The van der Waals surface area contributed by atoms with Crippen molar-refractivity contribution in [1.29, 1.82) is 0 Å². The van der Waals surface area contributed by atoms with E-state index in [2.05, 4.69) is 48.5 Å². The molecular formula is C17H19N3OS2. The smallest absolute Gasteiger partial charge is 0.289 e. The highest BCUT2D eigenvalue weighted by molar-refractivity contribution is 7.71. The maximum absolute atomic E-state index is 5.55. The van der Waals surface area contributed by atoms with Crippen molar-refractivity contribution in [3.05, 3.63) is 52.2 Å². The molecule has 4 nitrogen and oxygen atoms in total. The Kier molecular flexibility index (Phi) is 4.93. The van der Waals surface area contributed by atoms with E-state index in [1.165, 1.54) is 5.56 Å². The van der Waals surface area contributed by atoms with Gasteiger partial charge in [0.1, 0.15) is 6.67 Å². The molecule has 1 aromatic carbocycles. The summed E-state index contributed by atoms with van der Waals surface area (Å²) in [5.41, 5.74) is 2.40. The number of hydrogen-bond donors (Lipinski definition) is 1. The van der Waals surface area contributed by atoms with Gasteiger partial charge >= 0.3 is 0 Å². The lowest BCUT2D eigenvalue weighted by Gasteiger charge is -2.10. The second kappa shape index (κ2) is 7.10. The maximum atomic E-state index is 5.55. The molecule has 0 aliphatic carbocycles. The highest BCUT2D eigenvalue weighted by atomic mass is 32.1. The van der Waals surface area contributed by atoms with Gasteiger partial charge in [-0.25, -0.2) is 4.68 Å². The first-order chi connectivity index (χ1) is 11.2. The van der Waals surface area contributed by atoms with Crippen LogP contribution >= 0.6 is 23.6 Å². The zero-order valence-electron chi connectivity index (χ0n) is 13.2. The van der Waals surface area contributed by atoms with Crippen LogP contribution in [0, 0.1) is 4.84 Å². The quantitative estimate of drug-likeness (QED) is 0.598. The van der Waals surface area contributed by atoms with E-state index in [4.69, 9.17) is 16.6 Å². The number of thiophene rings is 1. The summed E-state index contributed by atoms with van der Waals surface area (Å²) in [5.74, 6) is 1.15. The molecule has 0 saturated heterocycles. The Hall–Kier alpha value is -1.92. The van der Waals surface area contributed by atoms with Gasteiger partial charge in [-0.2, -0.15) is 0 Å². The third-order valence-electron chi connectivity index (χ3n) is 3.86. The summed E-state index contributed by atoms with van der Waals surface area (Å²) < 4.78 is 7.21. The minimum atomic E-state index is 0.372. The van der Waals surface area contributed by atoms with E-state index in [1.807, 2.05) is 17.5 Å². The van der Waals surface area contributed by atoms with Crippen molar-refractivity contribution in [1.82, 2.24) is 9.78 Å². The number of rotatable bonds is 6. The molecule has 0 saturated carbocycles. The van der Waals surface area contributed by atoms with Gasteiger partial charge in [0, 0.05) is 5.69 Å². The predicted molar refractivity (Wildman–Crippen MR) is 97.4 cm³/mol. The SMILES string of the molecule is CCC(C)c1ccc(NCn2nc(-c3cccs3)oc2=S)cc1. The lowest BCUT2D eigenvalue weighted by Crippen LogP contribution is -2.09. The monoisotopic (exact) mass is 345 g/mol. The first kappa shape index (κ1) is 16.0. The van der Waals surface area contributed by atoms with E-state index >= 15 is 0 Å². The predicted octanol–water partition coefficient (Wildman–Crippen LogP) is 5.52. The van der Waals surface area contributed by atoms with Crippen molar-refractivity contribution in [2.45, 2.75) is 32.9 Å². The number of anilines is 1. The van der Waals surface area contributed by atoms with Crippen LogP contribution in [-0.2, 0) is 6.67 Å². The molecule has 0 amide bonds. The first-order valence-electron chi connectivity index (χ1n) is 7.63. The van der Waals surface area contributed by atoms with Crippen molar-refractivity contribution in [3.8, 4) is 10.8 Å². The summed E-state index contributed by atoms with van der Waals surface area (Å²) in [6.45, 7) is 4.92. The van der Waals surface area contributed by atoms with Crippen molar-refractivity contribution in [2.24, 2.45) is 0 Å². The molecule has 23 heavy (non-hydrogen) atoms. The van der Waals surface area contributed by atoms with Crippen molar-refractivity contribution >= 4 is 29.2 Å². The molecule has 6 heteroatoms. The average Bonchev–Trinajstić information content (AvgIpc) is 3.22. The topological polar surface area (TPSA) is 43.0 Å². The Morgan fingerprint density at radius 3 is 2.74 bits per heavy atom. The van der Waals surface area contributed by atoms with Crippen LogP contribution in [0.2, 0.25) is 0 Å². The molecule has 0 spiro atoms. The minimum absolute atomic E-state index is 0.372. The van der Waals surface area contributed by atoms with Gasteiger partial charge in [-0.1, -0.05) is 32.0 Å². The number of hydrogen-bond acceptors (Lipinski definition) is 5. The van der Waals surface area contributed by atoms with Crippen LogP contribution in [0.3, 0.4) is 0 Å². The Bertz CT molecular complexity index is 803. The number of benzene rings is 1. The molecule has 0 aliphatic heterocycles. The molecule has 1 N–H and O–H groups in total. The van der Waals surface area contributed by atoms with E-state index < -0.39 is 0 Å². The molecule has 120 valence electrons. The second-order valence-corrected chi connectivity index (χ2v) is 6.71. The molecule has 0 fully saturated rings. The highest BCUT2D eigenvalue weighted by Gasteiger charge is 2.09. The van der Waals surface area contributed by atoms with Gasteiger partial charge in [0.2, 0.25) is 0 Å². The van der Waals surface area contributed by atoms with Crippen LogP contribution < -0.4 is 5.32 Å². The molecule has 1 unspecified atom stereocenters. The molecule has 2 heterocycles. The zero-order chi connectivity index (χ0) is 16.2. The number of nitrogens with one attached hydrogen (secondary N) is 1. The normalized spacial score (nSPS) is 12.3. The Balaban J connectivity index is 1.68. The molecule has 3 rings (SSSR count). The van der Waals surface area contributed by atoms with Gasteiger partial charge in [-0.15, -0.1) is 16.4 Å². The lowest BCUT2D eigenvalue weighted by atomic mass is 9.99. The van der Waals surface area contributed by atoms with Crippen LogP contribution in [-0.4, -0.2) is 9.78 Å². The van der Waals surface area contributed by atoms with E-state index in [9.17, 15) is 0 Å². The van der Waals surface area contributed by atoms with E-state index in [0.29, 0.717) is 23.3 Å². The summed E-state index contributed by atoms with van der Waals surface area (Å²) >= 11 is 6.81. The fourth-order valence-corrected chi connectivity index (χ4v) is 3.07.